The van der Waals surface area contributed by atoms with Gasteiger partial charge in [-0.1, -0.05) is 6.92 Å². The molecular weight excluding hydrogens is 198 g/mol. The van der Waals surface area contributed by atoms with E-state index >= 15 is 0 Å². The number of ketones is 1. The summed E-state index contributed by atoms with van der Waals surface area (Å²) in [6.07, 6.45) is 1.90. The number of carbonyl (C=O) groups excluding carboxylic acids is 1. The standard InChI is InChI=1S/C9H13N3O3/c1-4-7(6(2)13)8-9(12(14)15)10-5-11(8)3/h5,7H,4H2,1-3H3. The van der Waals surface area contributed by atoms with E-state index in [0.717, 1.165) is 0 Å². The molecule has 0 aromatic carbocycles. The van der Waals surface area contributed by atoms with E-state index in [-0.39, 0.29) is 11.6 Å². The van der Waals surface area contributed by atoms with E-state index in [1.165, 1.54) is 17.8 Å². The van der Waals surface area contributed by atoms with Crippen molar-refractivity contribution in [3.63, 3.8) is 0 Å². The summed E-state index contributed by atoms with van der Waals surface area (Å²) >= 11 is 0. The summed E-state index contributed by atoms with van der Waals surface area (Å²) < 4.78 is 1.54. The van der Waals surface area contributed by atoms with Crippen LogP contribution in [-0.4, -0.2) is 20.3 Å². The number of Topliss-reactive ketones (excluding diaryl/α,β-unsaturated/α-hetero) is 1. The molecule has 0 aliphatic carbocycles. The van der Waals surface area contributed by atoms with Crippen LogP contribution in [0.3, 0.4) is 0 Å². The van der Waals surface area contributed by atoms with Crippen molar-refractivity contribution in [1.82, 2.24) is 9.55 Å². The summed E-state index contributed by atoms with van der Waals surface area (Å²) in [5.74, 6) is -0.748. The van der Waals surface area contributed by atoms with Crippen LogP contribution in [0.25, 0.3) is 0 Å². The minimum atomic E-state index is -0.555. The molecule has 0 radical (unpaired) electrons. The van der Waals surface area contributed by atoms with Crippen molar-refractivity contribution in [2.24, 2.45) is 7.05 Å². The van der Waals surface area contributed by atoms with Crippen LogP contribution in [-0.2, 0) is 11.8 Å². The highest BCUT2D eigenvalue weighted by molar-refractivity contribution is 5.83. The van der Waals surface area contributed by atoms with Crippen LogP contribution in [0.4, 0.5) is 5.82 Å². The second-order valence-corrected chi connectivity index (χ2v) is 3.39. The summed E-state index contributed by atoms with van der Waals surface area (Å²) in [7, 11) is 1.65. The van der Waals surface area contributed by atoms with Gasteiger partial charge in [0.15, 0.2) is 0 Å². The van der Waals surface area contributed by atoms with E-state index < -0.39 is 10.8 Å². The maximum atomic E-state index is 11.3. The molecule has 0 saturated carbocycles. The predicted octanol–water partition coefficient (Wildman–Crippen LogP) is 1.41. The maximum Gasteiger partial charge on any atom is 0.385 e. The second kappa shape index (κ2) is 4.20. The van der Waals surface area contributed by atoms with Crippen LogP contribution >= 0.6 is 0 Å². The number of aryl methyl sites for hydroxylation is 1. The SMILES string of the molecule is CCC(C(C)=O)c1c([N+](=O)[O-])ncn1C. The monoisotopic (exact) mass is 211 g/mol. The molecule has 0 saturated heterocycles. The Morgan fingerprint density at radius 1 is 1.73 bits per heavy atom. The first-order valence-corrected chi connectivity index (χ1v) is 4.65. The lowest BCUT2D eigenvalue weighted by Crippen LogP contribution is -2.13. The van der Waals surface area contributed by atoms with E-state index in [4.69, 9.17) is 0 Å². The van der Waals surface area contributed by atoms with Gasteiger partial charge in [0, 0.05) is 7.05 Å². The molecule has 0 N–H and O–H groups in total. The van der Waals surface area contributed by atoms with E-state index in [1.54, 1.807) is 7.05 Å². The molecule has 15 heavy (non-hydrogen) atoms. The van der Waals surface area contributed by atoms with Crippen LogP contribution in [0.2, 0.25) is 0 Å². The van der Waals surface area contributed by atoms with Gasteiger partial charge >= 0.3 is 5.82 Å². The summed E-state index contributed by atoms with van der Waals surface area (Å²) in [6.45, 7) is 3.26. The molecule has 0 aliphatic heterocycles. The Balaban J connectivity index is 3.26. The quantitative estimate of drug-likeness (QED) is 0.557. The second-order valence-electron chi connectivity index (χ2n) is 3.39. The third-order valence-corrected chi connectivity index (χ3v) is 2.36. The minimum Gasteiger partial charge on any atom is -0.358 e. The smallest absolute Gasteiger partial charge is 0.358 e. The third-order valence-electron chi connectivity index (χ3n) is 2.36. The first-order chi connectivity index (χ1) is 6.99. The molecule has 1 atom stereocenters. The molecule has 0 bridgehead atoms. The molecule has 1 aromatic rings. The Labute approximate surface area is 87.1 Å². The Kier molecular flexibility index (Phi) is 3.18. The van der Waals surface area contributed by atoms with Crippen LogP contribution in [0.15, 0.2) is 6.33 Å². The Morgan fingerprint density at radius 3 is 2.73 bits per heavy atom. The zero-order valence-corrected chi connectivity index (χ0v) is 8.93. The van der Waals surface area contributed by atoms with Gasteiger partial charge in [0.2, 0.25) is 6.33 Å². The molecular formula is C9H13N3O3. The van der Waals surface area contributed by atoms with Crippen LogP contribution in [0.1, 0.15) is 31.9 Å². The van der Waals surface area contributed by atoms with Gasteiger partial charge < -0.3 is 14.7 Å². The normalized spacial score (nSPS) is 12.5. The number of nitrogens with zero attached hydrogens (tertiary/aromatic N) is 3. The molecule has 1 rings (SSSR count). The third kappa shape index (κ3) is 2.03. The van der Waals surface area contributed by atoms with E-state index in [2.05, 4.69) is 4.98 Å². The summed E-state index contributed by atoms with van der Waals surface area (Å²) in [4.78, 5) is 25.2. The van der Waals surface area contributed by atoms with Gasteiger partial charge in [0.1, 0.15) is 11.5 Å². The predicted molar refractivity (Wildman–Crippen MR) is 53.6 cm³/mol. The molecule has 82 valence electrons. The van der Waals surface area contributed by atoms with Crippen molar-refractivity contribution < 1.29 is 9.72 Å². The Bertz CT molecular complexity index is 397. The summed E-state index contributed by atoms with van der Waals surface area (Å²) in [6, 6.07) is 0. The van der Waals surface area contributed by atoms with Gasteiger partial charge in [-0.3, -0.25) is 4.79 Å². The van der Waals surface area contributed by atoms with Gasteiger partial charge in [-0.2, -0.15) is 0 Å². The Hall–Kier alpha value is -1.72. The Morgan fingerprint density at radius 2 is 2.33 bits per heavy atom. The molecule has 0 spiro atoms. The van der Waals surface area contributed by atoms with Crippen LogP contribution < -0.4 is 0 Å². The molecule has 0 amide bonds. The van der Waals surface area contributed by atoms with Crippen LogP contribution in [0.5, 0.6) is 0 Å². The van der Waals surface area contributed by atoms with Gasteiger partial charge in [-0.25, -0.2) is 0 Å². The zero-order valence-electron chi connectivity index (χ0n) is 8.93. The minimum absolute atomic E-state index is 0.0794. The summed E-state index contributed by atoms with van der Waals surface area (Å²) in [5.41, 5.74) is 0.384. The van der Waals surface area contributed by atoms with E-state index in [0.29, 0.717) is 12.1 Å². The highest BCUT2D eigenvalue weighted by atomic mass is 16.6. The van der Waals surface area contributed by atoms with E-state index in [9.17, 15) is 14.9 Å². The number of rotatable bonds is 4. The lowest BCUT2D eigenvalue weighted by Gasteiger charge is -2.10. The number of imidazole rings is 1. The van der Waals surface area contributed by atoms with Crippen molar-refractivity contribution in [3.8, 4) is 0 Å². The van der Waals surface area contributed by atoms with Crippen molar-refractivity contribution in [2.45, 2.75) is 26.2 Å². The fourth-order valence-electron chi connectivity index (χ4n) is 1.64. The number of carbonyl (C=O) groups is 1. The first kappa shape index (κ1) is 11.4. The van der Waals surface area contributed by atoms with E-state index in [1.807, 2.05) is 6.92 Å². The average molecular weight is 211 g/mol. The molecule has 1 unspecified atom stereocenters. The van der Waals surface area contributed by atoms with Crippen molar-refractivity contribution in [2.75, 3.05) is 0 Å². The fraction of sp³-hybridized carbons (Fsp3) is 0.556. The van der Waals surface area contributed by atoms with Gasteiger partial charge in [-0.05, 0) is 23.3 Å². The number of aromatic nitrogens is 2. The molecule has 1 heterocycles. The van der Waals surface area contributed by atoms with Crippen molar-refractivity contribution in [1.29, 1.82) is 0 Å². The number of hydrogen-bond donors (Lipinski definition) is 0. The fourth-order valence-corrected chi connectivity index (χ4v) is 1.64. The van der Waals surface area contributed by atoms with Crippen molar-refractivity contribution >= 4 is 11.6 Å². The average Bonchev–Trinajstić information content (AvgIpc) is 2.49. The molecule has 0 aliphatic rings. The van der Waals surface area contributed by atoms with Gasteiger partial charge in [0.25, 0.3) is 0 Å². The number of nitro groups is 1. The first-order valence-electron chi connectivity index (χ1n) is 4.65. The molecule has 1 aromatic heterocycles. The summed E-state index contributed by atoms with van der Waals surface area (Å²) in [5, 5.41) is 10.7. The molecule has 6 heteroatoms. The van der Waals surface area contributed by atoms with Crippen LogP contribution in [0, 0.1) is 10.1 Å². The van der Waals surface area contributed by atoms with Gasteiger partial charge in [-0.15, -0.1) is 0 Å². The highest BCUT2D eigenvalue weighted by Crippen LogP contribution is 2.27. The topological polar surface area (TPSA) is 78.0 Å². The largest absolute Gasteiger partial charge is 0.385 e. The lowest BCUT2D eigenvalue weighted by molar-refractivity contribution is -0.390. The number of hydrogen-bond acceptors (Lipinski definition) is 4. The zero-order chi connectivity index (χ0) is 11.6. The highest BCUT2D eigenvalue weighted by Gasteiger charge is 2.29. The van der Waals surface area contributed by atoms with Gasteiger partial charge in [0.05, 0.1) is 5.92 Å². The molecule has 6 nitrogen and oxygen atoms in total. The maximum absolute atomic E-state index is 11.3. The molecule has 0 fully saturated rings. The lowest BCUT2D eigenvalue weighted by atomic mass is 9.98. The van der Waals surface area contributed by atoms with Crippen molar-refractivity contribution in [3.05, 3.63) is 22.1 Å².